The van der Waals surface area contributed by atoms with Crippen LogP contribution >= 0.6 is 0 Å². The van der Waals surface area contributed by atoms with Crippen molar-refractivity contribution in [1.29, 1.82) is 0 Å². The molecule has 0 aliphatic rings. The number of primary sulfonamides is 1. The zero-order chi connectivity index (χ0) is 20.8. The predicted octanol–water partition coefficient (Wildman–Crippen LogP) is 1.77. The van der Waals surface area contributed by atoms with Gasteiger partial charge in [-0.2, -0.15) is 44.5 Å². The third kappa shape index (κ3) is 4.51. The summed E-state index contributed by atoms with van der Waals surface area (Å²) in [5, 5.41) is 7.80. The van der Waals surface area contributed by atoms with Crippen molar-refractivity contribution in [2.45, 2.75) is 16.6 Å². The average molecular weight is 439 g/mol. The number of rotatable bonds is 4. The fraction of sp³-hybridized carbons (Fsp3) is 0.182. The molecular formula is C11H7F6N3O5S2. The van der Waals surface area contributed by atoms with Gasteiger partial charge in [-0.25, -0.2) is 13.6 Å². The molecule has 1 aromatic heterocycles. The second-order valence-corrected chi connectivity index (χ2v) is 7.90. The van der Waals surface area contributed by atoms with Crippen LogP contribution in [0.25, 0.3) is 5.69 Å². The first kappa shape index (κ1) is 21.0. The molecule has 27 heavy (non-hydrogen) atoms. The van der Waals surface area contributed by atoms with Crippen molar-refractivity contribution in [3.63, 3.8) is 0 Å². The number of nitrogens with two attached hydrogens (primary N) is 1. The minimum Gasteiger partial charge on any atom is -0.355 e. The van der Waals surface area contributed by atoms with E-state index >= 15 is 0 Å². The molecule has 0 saturated carbocycles. The number of alkyl halides is 6. The maximum absolute atomic E-state index is 12.8. The molecular weight excluding hydrogens is 432 g/mol. The molecule has 0 radical (unpaired) electrons. The molecule has 0 spiro atoms. The molecule has 16 heteroatoms. The summed E-state index contributed by atoms with van der Waals surface area (Å²) >= 11 is 0. The average Bonchev–Trinajstić information content (AvgIpc) is 2.88. The Hall–Kier alpha value is -2.33. The monoisotopic (exact) mass is 439 g/mol. The van der Waals surface area contributed by atoms with Gasteiger partial charge in [-0.3, -0.25) is 0 Å². The molecule has 0 aliphatic heterocycles. The third-order valence-electron chi connectivity index (χ3n) is 2.86. The van der Waals surface area contributed by atoms with Gasteiger partial charge in [0.25, 0.3) is 0 Å². The van der Waals surface area contributed by atoms with Gasteiger partial charge in [0.15, 0.2) is 5.69 Å². The second kappa shape index (κ2) is 6.38. The molecule has 0 amide bonds. The van der Waals surface area contributed by atoms with Crippen molar-refractivity contribution in [3.05, 3.63) is 36.0 Å². The Balaban J connectivity index is 2.60. The Kier molecular flexibility index (Phi) is 4.96. The zero-order valence-electron chi connectivity index (χ0n) is 12.5. The van der Waals surface area contributed by atoms with Crippen LogP contribution in [0.2, 0.25) is 0 Å². The summed E-state index contributed by atoms with van der Waals surface area (Å²) in [6.07, 6.45) is -5.13. The lowest BCUT2D eigenvalue weighted by molar-refractivity contribution is -0.141. The number of sulfonamides is 1. The van der Waals surface area contributed by atoms with E-state index in [0.29, 0.717) is 0 Å². The molecule has 1 aromatic carbocycles. The van der Waals surface area contributed by atoms with Crippen molar-refractivity contribution in [2.75, 3.05) is 0 Å². The summed E-state index contributed by atoms with van der Waals surface area (Å²) in [6.45, 7) is 0. The van der Waals surface area contributed by atoms with Crippen LogP contribution in [0.1, 0.15) is 5.69 Å². The van der Waals surface area contributed by atoms with E-state index in [-0.39, 0.29) is 10.7 Å². The summed E-state index contributed by atoms with van der Waals surface area (Å²) in [5.74, 6) is -1.41. The van der Waals surface area contributed by atoms with Crippen LogP contribution < -0.4 is 9.32 Å². The molecule has 1 heterocycles. The first-order chi connectivity index (χ1) is 12.0. The van der Waals surface area contributed by atoms with Crippen molar-refractivity contribution < 1.29 is 47.4 Å². The van der Waals surface area contributed by atoms with E-state index in [9.17, 15) is 43.2 Å². The fourth-order valence-corrected chi connectivity index (χ4v) is 2.64. The van der Waals surface area contributed by atoms with E-state index in [1.165, 1.54) is 0 Å². The highest BCUT2D eigenvalue weighted by molar-refractivity contribution is 7.89. The summed E-state index contributed by atoms with van der Waals surface area (Å²) in [4.78, 5) is -0.458. The highest BCUT2D eigenvalue weighted by Crippen LogP contribution is 2.34. The Labute approximate surface area is 147 Å². The maximum Gasteiger partial charge on any atom is 0.534 e. The molecule has 150 valence electrons. The molecule has 0 atom stereocenters. The lowest BCUT2D eigenvalue weighted by atomic mass is 10.3. The van der Waals surface area contributed by atoms with Crippen LogP contribution in [-0.4, -0.2) is 32.1 Å². The van der Waals surface area contributed by atoms with Crippen LogP contribution in [0.15, 0.2) is 35.2 Å². The van der Waals surface area contributed by atoms with Crippen molar-refractivity contribution in [3.8, 4) is 11.6 Å². The highest BCUT2D eigenvalue weighted by Gasteiger charge is 2.49. The molecule has 0 fully saturated rings. The van der Waals surface area contributed by atoms with E-state index in [4.69, 9.17) is 5.14 Å². The van der Waals surface area contributed by atoms with Crippen molar-refractivity contribution >= 4 is 20.1 Å². The van der Waals surface area contributed by atoms with Crippen LogP contribution in [-0.2, 0) is 26.3 Å². The molecule has 0 aliphatic carbocycles. The quantitative estimate of drug-likeness (QED) is 0.440. The number of hydrogen-bond acceptors (Lipinski definition) is 6. The molecule has 2 aromatic rings. The zero-order valence-corrected chi connectivity index (χ0v) is 14.1. The molecule has 0 saturated heterocycles. The van der Waals surface area contributed by atoms with Gasteiger partial charge in [-0.1, -0.05) is 0 Å². The van der Waals surface area contributed by atoms with Crippen LogP contribution in [0, 0.1) is 0 Å². The van der Waals surface area contributed by atoms with E-state index in [0.717, 1.165) is 24.3 Å². The lowest BCUT2D eigenvalue weighted by Gasteiger charge is -2.11. The highest BCUT2D eigenvalue weighted by atomic mass is 32.2. The minimum atomic E-state index is -6.29. The Morgan fingerprint density at radius 3 is 1.89 bits per heavy atom. The van der Waals surface area contributed by atoms with Gasteiger partial charge in [0.2, 0.25) is 15.9 Å². The van der Waals surface area contributed by atoms with Gasteiger partial charge in [0.1, 0.15) is 0 Å². The molecule has 0 unspecified atom stereocenters. The standard InChI is InChI=1S/C11H7F6N3O5S2/c12-10(13,14)8-5-9(25-27(23,24)11(15,16)17)20(19-8)6-1-3-7(4-2-6)26(18,21)22/h1-5H,(H2,18,21,22). The van der Waals surface area contributed by atoms with Gasteiger partial charge in [0, 0.05) is 6.07 Å². The summed E-state index contributed by atoms with van der Waals surface area (Å²) < 4.78 is 124. The van der Waals surface area contributed by atoms with E-state index < -0.39 is 54.0 Å². The minimum absolute atomic E-state index is 0.0587. The van der Waals surface area contributed by atoms with E-state index in [1.54, 1.807) is 0 Å². The number of nitrogens with zero attached hydrogens (tertiary/aromatic N) is 2. The topological polar surface area (TPSA) is 121 Å². The van der Waals surface area contributed by atoms with Gasteiger partial charge in [-0.15, -0.1) is 0 Å². The predicted molar refractivity (Wildman–Crippen MR) is 75.5 cm³/mol. The number of hydrogen-bond donors (Lipinski definition) is 1. The van der Waals surface area contributed by atoms with Crippen LogP contribution in [0.4, 0.5) is 26.3 Å². The summed E-state index contributed by atoms with van der Waals surface area (Å²) in [6, 6.07) is 3.25. The Morgan fingerprint density at radius 1 is 0.963 bits per heavy atom. The summed E-state index contributed by atoms with van der Waals surface area (Å²) in [5.41, 5.74) is -8.08. The van der Waals surface area contributed by atoms with Gasteiger partial charge in [-0.05, 0) is 24.3 Å². The second-order valence-electron chi connectivity index (χ2n) is 4.80. The van der Waals surface area contributed by atoms with E-state index in [2.05, 4.69) is 9.28 Å². The Bertz CT molecular complexity index is 1060. The van der Waals surface area contributed by atoms with Crippen LogP contribution in [0.3, 0.4) is 0 Å². The molecule has 2 rings (SSSR count). The summed E-state index contributed by atoms with van der Waals surface area (Å²) in [7, 11) is -10.5. The Morgan fingerprint density at radius 2 is 1.48 bits per heavy atom. The fourth-order valence-electron chi connectivity index (χ4n) is 1.68. The number of aromatic nitrogens is 2. The first-order valence-electron chi connectivity index (χ1n) is 6.33. The molecule has 8 nitrogen and oxygen atoms in total. The number of halogens is 6. The van der Waals surface area contributed by atoms with Gasteiger partial charge < -0.3 is 4.18 Å². The first-order valence-corrected chi connectivity index (χ1v) is 9.29. The van der Waals surface area contributed by atoms with E-state index in [1.807, 2.05) is 0 Å². The lowest BCUT2D eigenvalue weighted by Crippen LogP contribution is -2.28. The SMILES string of the molecule is NS(=O)(=O)c1ccc(-n2nc(C(F)(F)F)cc2OS(=O)(=O)C(F)(F)F)cc1. The van der Waals surface area contributed by atoms with Gasteiger partial charge in [0.05, 0.1) is 10.6 Å². The van der Waals surface area contributed by atoms with Crippen LogP contribution in [0.5, 0.6) is 5.88 Å². The normalized spacial score (nSPS) is 13.6. The number of benzene rings is 1. The van der Waals surface area contributed by atoms with Gasteiger partial charge >= 0.3 is 21.8 Å². The van der Waals surface area contributed by atoms with Crippen molar-refractivity contribution in [1.82, 2.24) is 9.78 Å². The largest absolute Gasteiger partial charge is 0.534 e. The smallest absolute Gasteiger partial charge is 0.355 e. The molecule has 2 N–H and O–H groups in total. The van der Waals surface area contributed by atoms with Crippen molar-refractivity contribution in [2.24, 2.45) is 5.14 Å². The maximum atomic E-state index is 12.8. The molecule has 0 bridgehead atoms. The third-order valence-corrected chi connectivity index (χ3v) is 4.74.